The third-order valence-electron chi connectivity index (χ3n) is 2.92. The lowest BCUT2D eigenvalue weighted by Crippen LogP contribution is -1.83. The summed E-state index contributed by atoms with van der Waals surface area (Å²) in [6.45, 7) is 12.9. The fourth-order valence-electron chi connectivity index (χ4n) is 1.69. The van der Waals surface area contributed by atoms with E-state index in [-0.39, 0.29) is 0 Å². The Hall–Kier alpha value is -0.780. The van der Waals surface area contributed by atoms with Crippen molar-refractivity contribution in [1.82, 2.24) is 0 Å². The topological polar surface area (TPSA) is 0 Å². The molecular weight excluding hydrogens is 228 g/mol. The summed E-state index contributed by atoms with van der Waals surface area (Å²) in [5.74, 6) is 0.659. The molecule has 0 nitrogen and oxygen atoms in total. The van der Waals surface area contributed by atoms with E-state index in [1.807, 2.05) is 19.9 Å². The van der Waals surface area contributed by atoms with Gasteiger partial charge >= 0.3 is 0 Å². The van der Waals surface area contributed by atoms with Gasteiger partial charge in [0.1, 0.15) is 0 Å². The minimum atomic E-state index is 0.659. The number of hydrogen-bond acceptors (Lipinski definition) is 0. The number of unbranched alkanes of at least 4 members (excludes halogenated alkanes) is 5. The summed E-state index contributed by atoms with van der Waals surface area (Å²) < 4.78 is 0. The molecule has 0 saturated carbocycles. The minimum absolute atomic E-state index is 0.659. The Bertz CT molecular complexity index is 229. The Balaban J connectivity index is 0. The summed E-state index contributed by atoms with van der Waals surface area (Å²) in [6, 6.07) is 10.5. The van der Waals surface area contributed by atoms with E-state index >= 15 is 0 Å². The second-order valence-corrected chi connectivity index (χ2v) is 4.98. The van der Waals surface area contributed by atoms with Crippen molar-refractivity contribution in [2.45, 2.75) is 86.0 Å². The van der Waals surface area contributed by atoms with Crippen molar-refractivity contribution < 1.29 is 0 Å². The van der Waals surface area contributed by atoms with Gasteiger partial charge in [-0.3, -0.25) is 0 Å². The van der Waals surface area contributed by atoms with Gasteiger partial charge in [0.05, 0.1) is 0 Å². The van der Waals surface area contributed by atoms with E-state index in [2.05, 4.69) is 52.0 Å². The molecule has 0 heterocycles. The minimum Gasteiger partial charge on any atom is -0.0683 e. The van der Waals surface area contributed by atoms with Gasteiger partial charge in [0.25, 0.3) is 0 Å². The third kappa shape index (κ3) is 15.2. The van der Waals surface area contributed by atoms with Crippen LogP contribution in [0.5, 0.6) is 0 Å². The highest BCUT2D eigenvalue weighted by Crippen LogP contribution is 2.11. The Morgan fingerprint density at radius 3 is 1.42 bits per heavy atom. The first kappa shape index (κ1) is 20.5. The van der Waals surface area contributed by atoms with Crippen LogP contribution in [-0.4, -0.2) is 0 Å². The zero-order valence-corrected chi connectivity index (χ0v) is 14.2. The molecule has 0 radical (unpaired) electrons. The summed E-state index contributed by atoms with van der Waals surface area (Å²) >= 11 is 0. The molecule has 112 valence electrons. The predicted octanol–water partition coefficient (Wildman–Crippen LogP) is 7.20. The van der Waals surface area contributed by atoms with Crippen LogP contribution in [0.25, 0.3) is 0 Å². The van der Waals surface area contributed by atoms with Crippen molar-refractivity contribution in [1.29, 1.82) is 0 Å². The Morgan fingerprint density at radius 1 is 0.737 bits per heavy atom. The van der Waals surface area contributed by atoms with Crippen molar-refractivity contribution in [3.63, 3.8) is 0 Å². The van der Waals surface area contributed by atoms with Gasteiger partial charge in [0.2, 0.25) is 0 Å². The maximum Gasteiger partial charge on any atom is -0.0219 e. The molecule has 1 rings (SSSR count). The van der Waals surface area contributed by atoms with E-state index in [1.54, 1.807) is 0 Å². The molecule has 0 unspecified atom stereocenters. The Labute approximate surface area is 122 Å². The molecule has 0 heteroatoms. The normalized spacial score (nSPS) is 9.21. The van der Waals surface area contributed by atoms with E-state index in [1.165, 1.54) is 44.1 Å². The van der Waals surface area contributed by atoms with Crippen LogP contribution in [-0.2, 0) is 0 Å². The molecule has 0 aliphatic carbocycles. The molecule has 0 fully saturated rings. The second-order valence-electron chi connectivity index (χ2n) is 4.98. The quantitative estimate of drug-likeness (QED) is 0.476. The summed E-state index contributed by atoms with van der Waals surface area (Å²) in [4.78, 5) is 0. The first-order valence-corrected chi connectivity index (χ1v) is 8.27. The smallest absolute Gasteiger partial charge is 0.0219 e. The summed E-state index contributed by atoms with van der Waals surface area (Å²) in [5, 5.41) is 0. The number of benzene rings is 1. The lowest BCUT2D eigenvalue weighted by Gasteiger charge is -2.01. The van der Waals surface area contributed by atoms with Crippen LogP contribution in [0, 0.1) is 0 Å². The van der Waals surface area contributed by atoms with Gasteiger partial charge < -0.3 is 0 Å². The van der Waals surface area contributed by atoms with E-state index in [0.717, 1.165) is 0 Å². The van der Waals surface area contributed by atoms with Crippen LogP contribution >= 0.6 is 0 Å². The van der Waals surface area contributed by atoms with Crippen molar-refractivity contribution in [2.75, 3.05) is 0 Å². The molecular formula is C19H36. The summed E-state index contributed by atoms with van der Waals surface area (Å²) in [6.07, 6.45) is 8.49. The monoisotopic (exact) mass is 264 g/mol. The largest absolute Gasteiger partial charge is 0.0683 e. The molecule has 0 N–H and O–H groups in total. The van der Waals surface area contributed by atoms with Gasteiger partial charge in [-0.1, -0.05) is 110 Å². The third-order valence-corrected chi connectivity index (χ3v) is 2.92. The zero-order chi connectivity index (χ0) is 14.9. The SMILES string of the molecule is CC.CC(C)c1ccccc1.CCCCCCCC. The predicted molar refractivity (Wildman–Crippen MR) is 90.9 cm³/mol. The average molecular weight is 264 g/mol. The molecule has 1 aromatic carbocycles. The van der Waals surface area contributed by atoms with Crippen LogP contribution in [0.1, 0.15) is 91.5 Å². The number of hydrogen-bond donors (Lipinski definition) is 0. The van der Waals surface area contributed by atoms with Gasteiger partial charge in [-0.2, -0.15) is 0 Å². The average Bonchev–Trinajstić information content (AvgIpc) is 2.47. The second kappa shape index (κ2) is 17.2. The maximum atomic E-state index is 2.26. The molecule has 19 heavy (non-hydrogen) atoms. The van der Waals surface area contributed by atoms with E-state index in [9.17, 15) is 0 Å². The highest BCUT2D eigenvalue weighted by atomic mass is 14.0. The fourth-order valence-corrected chi connectivity index (χ4v) is 1.69. The van der Waals surface area contributed by atoms with Gasteiger partial charge in [-0.25, -0.2) is 0 Å². The van der Waals surface area contributed by atoms with Crippen molar-refractivity contribution in [3.05, 3.63) is 35.9 Å². The maximum absolute atomic E-state index is 2.26. The lowest BCUT2D eigenvalue weighted by molar-refractivity contribution is 0.624. The molecule has 1 aromatic rings. The van der Waals surface area contributed by atoms with Gasteiger partial charge in [0.15, 0.2) is 0 Å². The van der Waals surface area contributed by atoms with Crippen LogP contribution < -0.4 is 0 Å². The Morgan fingerprint density at radius 2 is 1.16 bits per heavy atom. The van der Waals surface area contributed by atoms with Gasteiger partial charge in [0, 0.05) is 0 Å². The highest BCUT2D eigenvalue weighted by molar-refractivity contribution is 5.17. The number of rotatable bonds is 6. The molecule has 0 atom stereocenters. The van der Waals surface area contributed by atoms with Crippen molar-refractivity contribution in [3.8, 4) is 0 Å². The van der Waals surface area contributed by atoms with E-state index < -0.39 is 0 Å². The molecule has 0 aliphatic heterocycles. The van der Waals surface area contributed by atoms with Crippen LogP contribution in [0.15, 0.2) is 30.3 Å². The van der Waals surface area contributed by atoms with Gasteiger partial charge in [-0.15, -0.1) is 0 Å². The standard InChI is InChI=1S/C9H12.C8H18.C2H6/c1-8(2)9-6-4-3-5-7-9;1-3-5-7-8-6-4-2;1-2/h3-8H,1-2H3;3-8H2,1-2H3;1-2H3. The van der Waals surface area contributed by atoms with Crippen molar-refractivity contribution in [2.24, 2.45) is 0 Å². The Kier molecular flexibility index (Phi) is 18.6. The summed E-state index contributed by atoms with van der Waals surface area (Å²) in [5.41, 5.74) is 1.41. The molecule has 0 saturated heterocycles. The van der Waals surface area contributed by atoms with E-state index in [4.69, 9.17) is 0 Å². The van der Waals surface area contributed by atoms with Crippen molar-refractivity contribution >= 4 is 0 Å². The van der Waals surface area contributed by atoms with Crippen LogP contribution in [0.4, 0.5) is 0 Å². The molecule has 0 spiro atoms. The molecule has 0 aliphatic rings. The lowest BCUT2D eigenvalue weighted by atomic mass is 10.0. The fraction of sp³-hybridized carbons (Fsp3) is 0.684. The van der Waals surface area contributed by atoms with Crippen LogP contribution in [0.2, 0.25) is 0 Å². The molecule has 0 bridgehead atoms. The first-order chi connectivity index (χ1) is 9.22. The highest BCUT2D eigenvalue weighted by Gasteiger charge is 1.93. The molecule has 0 aromatic heterocycles. The van der Waals surface area contributed by atoms with E-state index in [0.29, 0.717) is 5.92 Å². The molecule has 0 amide bonds. The first-order valence-electron chi connectivity index (χ1n) is 8.27. The summed E-state index contributed by atoms with van der Waals surface area (Å²) in [7, 11) is 0. The van der Waals surface area contributed by atoms with Gasteiger partial charge in [-0.05, 0) is 11.5 Å². The van der Waals surface area contributed by atoms with Crippen LogP contribution in [0.3, 0.4) is 0 Å². The zero-order valence-electron chi connectivity index (χ0n) is 14.2.